The number of rotatable bonds is 2. The maximum Gasteiger partial charge on any atom is 0.310 e. The van der Waals surface area contributed by atoms with Gasteiger partial charge in [0.2, 0.25) is 0 Å². The molecule has 10 heteroatoms. The zero-order chi connectivity index (χ0) is 35.3. The van der Waals surface area contributed by atoms with E-state index in [2.05, 4.69) is 36.1 Å². The normalized spacial score (nSPS) is 20.0. The third kappa shape index (κ3) is 8.85. The van der Waals surface area contributed by atoms with Crippen LogP contribution in [-0.2, 0) is 20.7 Å². The van der Waals surface area contributed by atoms with Crippen molar-refractivity contribution < 1.29 is 24.1 Å². The van der Waals surface area contributed by atoms with Gasteiger partial charge in [0.05, 0.1) is 54.8 Å². The van der Waals surface area contributed by atoms with Gasteiger partial charge < -0.3 is 24.2 Å². The van der Waals surface area contributed by atoms with E-state index in [1.807, 2.05) is 54.8 Å². The second kappa shape index (κ2) is 14.8. The minimum Gasteiger partial charge on any atom is -0.490 e. The van der Waals surface area contributed by atoms with Crippen molar-refractivity contribution in [3.63, 3.8) is 0 Å². The molecule has 1 unspecified atom stereocenters. The van der Waals surface area contributed by atoms with E-state index in [1.165, 1.54) is 7.11 Å². The van der Waals surface area contributed by atoms with Crippen LogP contribution in [0.3, 0.4) is 0 Å². The zero-order valence-electron chi connectivity index (χ0n) is 29.6. The second-order valence-electron chi connectivity index (χ2n) is 14.0. The molecule has 3 aliphatic rings. The van der Waals surface area contributed by atoms with E-state index >= 15 is 0 Å². The van der Waals surface area contributed by atoms with Gasteiger partial charge in [-0.3, -0.25) is 4.79 Å². The number of anilines is 1. The van der Waals surface area contributed by atoms with E-state index in [-0.39, 0.29) is 24.1 Å². The molecule has 1 N–H and O–H groups in total. The molecule has 5 heterocycles. The van der Waals surface area contributed by atoms with Gasteiger partial charge in [-0.2, -0.15) is 14.9 Å². The van der Waals surface area contributed by atoms with Crippen molar-refractivity contribution in [2.24, 2.45) is 0 Å². The lowest BCUT2D eigenvalue weighted by Crippen LogP contribution is -2.45. The molecule has 1 atom stereocenters. The Hall–Kier alpha value is -4.72. The molecule has 7 rings (SSSR count). The number of ether oxygens (including phenoxy) is 3. The predicted molar refractivity (Wildman–Crippen MR) is 191 cm³/mol. The third-order valence-electron chi connectivity index (χ3n) is 8.62. The van der Waals surface area contributed by atoms with Gasteiger partial charge in [0.15, 0.2) is 5.65 Å². The molecule has 3 aliphatic heterocycles. The number of carbonyl (C=O) groups excluding carboxylic acids is 1. The lowest BCUT2D eigenvalue weighted by Gasteiger charge is -2.40. The van der Waals surface area contributed by atoms with E-state index in [0.717, 1.165) is 71.8 Å². The minimum atomic E-state index is -0.500. The minimum absolute atomic E-state index is 0.0732. The van der Waals surface area contributed by atoms with Crippen molar-refractivity contribution >= 4 is 17.4 Å². The van der Waals surface area contributed by atoms with E-state index in [4.69, 9.17) is 29.4 Å². The number of fused-ring (bicyclic) bond motifs is 7. The van der Waals surface area contributed by atoms with Crippen LogP contribution in [-0.4, -0.2) is 69.8 Å². The van der Waals surface area contributed by atoms with Gasteiger partial charge in [0.25, 0.3) is 0 Å². The fraction of sp³-hybridized carbons (Fsp3) is 0.436. The number of carbonyl (C=O) groups is 1. The molecule has 0 aliphatic carbocycles. The van der Waals surface area contributed by atoms with Crippen molar-refractivity contribution in [2.45, 2.75) is 84.5 Å². The highest BCUT2D eigenvalue weighted by Crippen LogP contribution is 2.36. The van der Waals surface area contributed by atoms with Gasteiger partial charge in [0.1, 0.15) is 11.6 Å². The van der Waals surface area contributed by atoms with E-state index in [9.17, 15) is 10.1 Å². The molecule has 49 heavy (non-hydrogen) atoms. The summed E-state index contributed by atoms with van der Waals surface area (Å²) in [6, 6.07) is 17.9. The first-order chi connectivity index (χ1) is 23.3. The van der Waals surface area contributed by atoms with E-state index in [1.54, 1.807) is 26.8 Å². The van der Waals surface area contributed by atoms with Crippen molar-refractivity contribution in [1.29, 1.82) is 5.26 Å². The van der Waals surface area contributed by atoms with Crippen LogP contribution >= 0.6 is 0 Å². The van der Waals surface area contributed by atoms with Crippen molar-refractivity contribution in [3.8, 4) is 34.2 Å². The lowest BCUT2D eigenvalue weighted by atomic mass is 9.93. The topological polar surface area (TPSA) is 122 Å². The molecule has 2 aromatic heterocycles. The molecule has 0 spiro atoms. The van der Waals surface area contributed by atoms with Crippen LogP contribution in [0.1, 0.15) is 70.7 Å². The van der Waals surface area contributed by atoms with Crippen molar-refractivity contribution in [3.05, 3.63) is 77.5 Å². The molecule has 6 bridgehead atoms. The number of aliphatic hydroxyl groups is 1. The highest BCUT2D eigenvalue weighted by atomic mass is 16.5. The van der Waals surface area contributed by atoms with Gasteiger partial charge >= 0.3 is 5.97 Å². The lowest BCUT2D eigenvalue weighted by molar-refractivity contribution is -0.139. The number of benzene rings is 2. The summed E-state index contributed by atoms with van der Waals surface area (Å²) in [7, 11) is 1.41. The Morgan fingerprint density at radius 2 is 1.84 bits per heavy atom. The summed E-state index contributed by atoms with van der Waals surface area (Å²) in [5, 5.41) is 23.2. The molecule has 1 fully saturated rings. The Bertz CT molecular complexity index is 1870. The predicted octanol–water partition coefficient (Wildman–Crippen LogP) is 6.84. The largest absolute Gasteiger partial charge is 0.490 e. The number of aromatic nitrogens is 3. The second-order valence-corrected chi connectivity index (χ2v) is 14.0. The van der Waals surface area contributed by atoms with Gasteiger partial charge in [-0.25, -0.2) is 4.98 Å². The number of aryl methyl sites for hydroxylation is 1. The summed E-state index contributed by atoms with van der Waals surface area (Å²) < 4.78 is 19.7. The van der Waals surface area contributed by atoms with Crippen LogP contribution < -0.4 is 9.64 Å². The summed E-state index contributed by atoms with van der Waals surface area (Å²) in [6.07, 6.45) is 6.60. The van der Waals surface area contributed by atoms with Gasteiger partial charge in [0, 0.05) is 48.0 Å². The summed E-state index contributed by atoms with van der Waals surface area (Å²) in [5.41, 5.74) is 5.51. The van der Waals surface area contributed by atoms with Crippen LogP contribution in [0, 0.1) is 18.3 Å². The number of hydrogen-bond acceptors (Lipinski definition) is 9. The number of methoxy groups -OCH3 is 1. The quantitative estimate of drug-likeness (QED) is 0.181. The summed E-state index contributed by atoms with van der Waals surface area (Å²) >= 11 is 0. The SMILES string of the molecule is CC(C)(C)O.COC(=O)Cc1c(C)nc2cc3nn2c1N1CCC(C)(CC1)OC/C=C\CC(C)Oc1ccc(C#N)cc1-c1cccc-3c1. The highest BCUT2D eigenvalue weighted by Gasteiger charge is 2.33. The maximum atomic E-state index is 12.5. The summed E-state index contributed by atoms with van der Waals surface area (Å²) in [5.74, 6) is 1.26. The molecule has 1 saturated heterocycles. The van der Waals surface area contributed by atoms with Crippen LogP contribution in [0.5, 0.6) is 5.75 Å². The average molecular weight is 666 g/mol. The average Bonchev–Trinajstić information content (AvgIpc) is 3.48. The van der Waals surface area contributed by atoms with E-state index in [0.29, 0.717) is 23.6 Å². The molecule has 0 saturated carbocycles. The number of hydrogen-bond donors (Lipinski definition) is 1. The van der Waals surface area contributed by atoms with Crippen molar-refractivity contribution in [2.75, 3.05) is 31.7 Å². The number of piperidine rings is 1. The van der Waals surface area contributed by atoms with Crippen LogP contribution in [0.25, 0.3) is 28.0 Å². The number of nitriles is 1. The van der Waals surface area contributed by atoms with Crippen molar-refractivity contribution in [1.82, 2.24) is 14.6 Å². The Labute approximate surface area is 288 Å². The fourth-order valence-corrected chi connectivity index (χ4v) is 6.00. The molecule has 2 aromatic carbocycles. The first-order valence-electron chi connectivity index (χ1n) is 16.8. The Kier molecular flexibility index (Phi) is 10.8. The first kappa shape index (κ1) is 35.6. The highest BCUT2D eigenvalue weighted by molar-refractivity contribution is 5.79. The van der Waals surface area contributed by atoms with Gasteiger partial charge in [-0.1, -0.05) is 30.4 Å². The zero-order valence-corrected chi connectivity index (χ0v) is 29.6. The van der Waals surface area contributed by atoms with Crippen LogP contribution in [0.4, 0.5) is 5.82 Å². The Balaban J connectivity index is 0.000000874. The summed E-state index contributed by atoms with van der Waals surface area (Å²) in [6.45, 7) is 13.4. The summed E-state index contributed by atoms with van der Waals surface area (Å²) in [4.78, 5) is 19.7. The van der Waals surface area contributed by atoms with Gasteiger partial charge in [-0.05, 0) is 84.2 Å². The molecular formula is C39H47N5O5. The Morgan fingerprint density at radius 1 is 1.12 bits per heavy atom. The van der Waals surface area contributed by atoms with Gasteiger partial charge in [-0.15, -0.1) is 0 Å². The fourth-order valence-electron chi connectivity index (χ4n) is 6.00. The van der Waals surface area contributed by atoms with Crippen LogP contribution in [0.2, 0.25) is 0 Å². The standard InChI is InChI=1S/C35H37N5O4.C4H10O/c1-23-8-5-6-17-43-35(3)13-15-39(16-14-35)34-28(20-33(41)42-4)24(2)37-32-21-30(38-40(32)34)27-10-7-9-26(19-27)29-18-25(22-36)11-12-31(29)44-23;1-4(2,3)5/h5-7,9-12,18-19,21,23H,8,13-17,20H2,1-4H3;5H,1-3H3/b6-5-;. The molecule has 10 nitrogen and oxygen atoms in total. The first-order valence-corrected chi connectivity index (χ1v) is 16.8. The van der Waals surface area contributed by atoms with Crippen LogP contribution in [0.15, 0.2) is 60.7 Å². The molecule has 0 radical (unpaired) electrons. The third-order valence-corrected chi connectivity index (χ3v) is 8.62. The molecule has 0 amide bonds. The van der Waals surface area contributed by atoms with E-state index < -0.39 is 5.60 Å². The number of esters is 1. The molecule has 258 valence electrons. The molecular weight excluding hydrogens is 618 g/mol. The number of nitrogens with zero attached hydrogens (tertiary/aromatic N) is 5. The smallest absolute Gasteiger partial charge is 0.310 e. The maximum absolute atomic E-state index is 12.5. The monoisotopic (exact) mass is 665 g/mol. The molecule has 4 aromatic rings. The Morgan fingerprint density at radius 3 is 2.53 bits per heavy atom.